The van der Waals surface area contributed by atoms with E-state index in [0.29, 0.717) is 25.7 Å². The van der Waals surface area contributed by atoms with Crippen molar-refractivity contribution in [2.24, 2.45) is 5.92 Å². The summed E-state index contributed by atoms with van der Waals surface area (Å²) in [6, 6.07) is 3.91. The Morgan fingerprint density at radius 1 is 1.08 bits per heavy atom. The second-order valence-corrected chi connectivity index (χ2v) is 6.02. The molecule has 0 radical (unpaired) electrons. The number of benzene rings is 1. The monoisotopic (exact) mass is 340 g/mol. The van der Waals surface area contributed by atoms with Crippen molar-refractivity contribution in [2.75, 3.05) is 0 Å². The summed E-state index contributed by atoms with van der Waals surface area (Å²) in [4.78, 5) is 18.8. The molecule has 1 aliphatic carbocycles. The first-order valence-electron chi connectivity index (χ1n) is 7.56. The fourth-order valence-electron chi connectivity index (χ4n) is 3.16. The molecule has 1 fully saturated rings. The lowest BCUT2D eigenvalue weighted by Gasteiger charge is -2.27. The molecule has 3 rings (SSSR count). The molecule has 0 bridgehead atoms. The molecule has 1 heterocycles. The van der Waals surface area contributed by atoms with Crippen molar-refractivity contribution >= 4 is 17.0 Å². The fourth-order valence-corrected chi connectivity index (χ4v) is 3.16. The molecule has 1 aliphatic rings. The van der Waals surface area contributed by atoms with Crippen molar-refractivity contribution in [3.63, 3.8) is 0 Å². The number of halogens is 3. The maximum atomic E-state index is 13.4. The Kier molecular flexibility index (Phi) is 4.06. The molecule has 0 saturated heterocycles. The number of carbonyl (C=O) groups is 1. The van der Waals surface area contributed by atoms with Crippen LogP contribution in [0.3, 0.4) is 0 Å². The predicted octanol–water partition coefficient (Wildman–Crippen LogP) is 3.71. The molecule has 128 valence electrons. The highest BCUT2D eigenvalue weighted by Gasteiger charge is 2.40. The van der Waals surface area contributed by atoms with E-state index in [1.54, 1.807) is 0 Å². The van der Waals surface area contributed by atoms with Gasteiger partial charge in [0, 0.05) is 12.0 Å². The molecular weight excluding hydrogens is 325 g/mol. The van der Waals surface area contributed by atoms with Crippen LogP contribution in [0.25, 0.3) is 11.0 Å². The Morgan fingerprint density at radius 3 is 2.33 bits per heavy atom. The van der Waals surface area contributed by atoms with Gasteiger partial charge in [0.2, 0.25) is 0 Å². The van der Waals surface area contributed by atoms with E-state index < -0.39 is 29.7 Å². The molecule has 5 nitrogen and oxygen atoms in total. The van der Waals surface area contributed by atoms with Gasteiger partial charge in [0.15, 0.2) is 5.69 Å². The number of nitrogens with zero attached hydrogens (tertiary/aromatic N) is 2. The van der Waals surface area contributed by atoms with Gasteiger partial charge in [0.05, 0.1) is 22.6 Å². The first-order chi connectivity index (χ1) is 11.3. The van der Waals surface area contributed by atoms with E-state index in [1.807, 2.05) is 0 Å². The Labute approximate surface area is 135 Å². The Morgan fingerprint density at radius 2 is 1.75 bits per heavy atom. The predicted molar refractivity (Wildman–Crippen MR) is 78.5 cm³/mol. The minimum Gasteiger partial charge on any atom is -0.508 e. The molecule has 0 atom stereocenters. The van der Waals surface area contributed by atoms with Gasteiger partial charge in [-0.15, -0.1) is 0 Å². The number of aromatic hydroxyl groups is 1. The zero-order valence-electron chi connectivity index (χ0n) is 12.5. The summed E-state index contributed by atoms with van der Waals surface area (Å²) in [6.45, 7) is 0. The van der Waals surface area contributed by atoms with Gasteiger partial charge in [-0.2, -0.15) is 13.2 Å². The molecular formula is C16H15F3N2O3. The number of aliphatic carboxylic acids is 1. The summed E-state index contributed by atoms with van der Waals surface area (Å²) >= 11 is 0. The quantitative estimate of drug-likeness (QED) is 0.871. The number of fused-ring (bicyclic) bond motifs is 1. The lowest BCUT2D eigenvalue weighted by atomic mass is 9.80. The van der Waals surface area contributed by atoms with E-state index in [2.05, 4.69) is 9.97 Å². The van der Waals surface area contributed by atoms with E-state index in [-0.39, 0.29) is 22.5 Å². The molecule has 0 amide bonds. The molecule has 2 aromatic rings. The van der Waals surface area contributed by atoms with E-state index >= 15 is 0 Å². The topological polar surface area (TPSA) is 83.3 Å². The molecule has 0 spiro atoms. The highest BCUT2D eigenvalue weighted by atomic mass is 19.4. The number of hydrogen-bond acceptors (Lipinski definition) is 4. The van der Waals surface area contributed by atoms with E-state index in [9.17, 15) is 23.1 Å². The maximum absolute atomic E-state index is 13.4. The van der Waals surface area contributed by atoms with Crippen LogP contribution in [-0.2, 0) is 11.0 Å². The van der Waals surface area contributed by atoms with Crippen molar-refractivity contribution in [1.29, 1.82) is 0 Å². The van der Waals surface area contributed by atoms with Crippen molar-refractivity contribution in [1.82, 2.24) is 9.97 Å². The number of carboxylic acids is 1. The van der Waals surface area contributed by atoms with Crippen LogP contribution in [0.2, 0.25) is 0 Å². The molecule has 1 saturated carbocycles. The summed E-state index contributed by atoms with van der Waals surface area (Å²) in [5.41, 5.74) is -0.939. The largest absolute Gasteiger partial charge is 0.508 e. The summed E-state index contributed by atoms with van der Waals surface area (Å²) in [5.74, 6) is -2.08. The second kappa shape index (κ2) is 5.92. The van der Waals surface area contributed by atoms with Crippen LogP contribution in [0.4, 0.5) is 13.2 Å². The number of alkyl halides is 3. The normalized spacial score (nSPS) is 21.8. The number of phenols is 1. The first kappa shape index (κ1) is 16.5. The van der Waals surface area contributed by atoms with Gasteiger partial charge in [0.1, 0.15) is 5.75 Å². The van der Waals surface area contributed by atoms with Crippen LogP contribution >= 0.6 is 0 Å². The third-order valence-electron chi connectivity index (χ3n) is 4.41. The SMILES string of the molecule is O=C(O)[C@H]1CC[C@H](c2nc3ccc(O)cc3nc2C(F)(F)F)CC1. The van der Waals surface area contributed by atoms with Gasteiger partial charge in [-0.25, -0.2) is 9.97 Å². The lowest BCUT2D eigenvalue weighted by Crippen LogP contribution is -2.23. The third kappa shape index (κ3) is 3.13. The van der Waals surface area contributed by atoms with E-state index in [4.69, 9.17) is 5.11 Å². The standard InChI is InChI=1S/C16H15F3N2O3/c17-16(18,19)14-13(8-1-3-9(4-2-8)15(23)24)20-11-6-5-10(22)7-12(11)21-14/h5-9,22H,1-4H2,(H,23,24)/t8-,9-. The Balaban J connectivity index is 2.03. The van der Waals surface area contributed by atoms with Gasteiger partial charge in [-0.05, 0) is 37.8 Å². The summed E-state index contributed by atoms with van der Waals surface area (Å²) in [5, 5.41) is 18.4. The van der Waals surface area contributed by atoms with Gasteiger partial charge in [0.25, 0.3) is 0 Å². The Hall–Kier alpha value is -2.38. The average Bonchev–Trinajstić information content (AvgIpc) is 2.53. The van der Waals surface area contributed by atoms with Gasteiger partial charge in [-0.3, -0.25) is 4.79 Å². The van der Waals surface area contributed by atoms with Crippen LogP contribution in [0.15, 0.2) is 18.2 Å². The molecule has 1 aromatic carbocycles. The Bertz CT molecular complexity index is 784. The zero-order valence-corrected chi connectivity index (χ0v) is 12.5. The molecule has 24 heavy (non-hydrogen) atoms. The second-order valence-electron chi connectivity index (χ2n) is 6.02. The van der Waals surface area contributed by atoms with Crippen molar-refractivity contribution in [3.05, 3.63) is 29.6 Å². The zero-order chi connectivity index (χ0) is 17.5. The first-order valence-corrected chi connectivity index (χ1v) is 7.56. The highest BCUT2D eigenvalue weighted by Crippen LogP contribution is 2.41. The fraction of sp³-hybridized carbons (Fsp3) is 0.438. The number of aromatic nitrogens is 2. The number of carboxylic acid groups (broad SMARTS) is 1. The van der Waals surface area contributed by atoms with Gasteiger partial charge >= 0.3 is 12.1 Å². The molecule has 8 heteroatoms. The maximum Gasteiger partial charge on any atom is 0.435 e. The summed E-state index contributed by atoms with van der Waals surface area (Å²) < 4.78 is 40.1. The van der Waals surface area contributed by atoms with Crippen LogP contribution in [-0.4, -0.2) is 26.2 Å². The highest BCUT2D eigenvalue weighted by molar-refractivity contribution is 5.76. The van der Waals surface area contributed by atoms with Gasteiger partial charge < -0.3 is 10.2 Å². The number of phenolic OH excluding ortho intramolecular Hbond substituents is 1. The van der Waals surface area contributed by atoms with Crippen LogP contribution in [0.5, 0.6) is 5.75 Å². The molecule has 2 N–H and O–H groups in total. The third-order valence-corrected chi connectivity index (χ3v) is 4.41. The summed E-state index contributed by atoms with van der Waals surface area (Å²) in [6.07, 6.45) is -3.35. The number of rotatable bonds is 2. The molecule has 0 aliphatic heterocycles. The van der Waals surface area contributed by atoms with Gasteiger partial charge in [-0.1, -0.05) is 0 Å². The smallest absolute Gasteiger partial charge is 0.435 e. The van der Waals surface area contributed by atoms with Crippen LogP contribution in [0.1, 0.15) is 43.0 Å². The minimum absolute atomic E-state index is 0.0229. The molecule has 1 aromatic heterocycles. The minimum atomic E-state index is -4.66. The lowest BCUT2D eigenvalue weighted by molar-refractivity contribution is -0.144. The van der Waals surface area contributed by atoms with Crippen molar-refractivity contribution in [3.8, 4) is 5.75 Å². The van der Waals surface area contributed by atoms with Crippen LogP contribution < -0.4 is 0 Å². The van der Waals surface area contributed by atoms with E-state index in [0.717, 1.165) is 6.07 Å². The average molecular weight is 340 g/mol. The van der Waals surface area contributed by atoms with Crippen molar-refractivity contribution in [2.45, 2.75) is 37.8 Å². The number of hydrogen-bond donors (Lipinski definition) is 2. The molecule has 0 unspecified atom stereocenters. The summed E-state index contributed by atoms with van der Waals surface area (Å²) in [7, 11) is 0. The van der Waals surface area contributed by atoms with Crippen LogP contribution in [0, 0.1) is 5.92 Å². The van der Waals surface area contributed by atoms with E-state index in [1.165, 1.54) is 12.1 Å². The van der Waals surface area contributed by atoms with Crippen molar-refractivity contribution < 1.29 is 28.2 Å².